The van der Waals surface area contributed by atoms with E-state index in [0.717, 1.165) is 5.56 Å². The summed E-state index contributed by atoms with van der Waals surface area (Å²) in [5.41, 5.74) is 6.77. The predicted molar refractivity (Wildman–Crippen MR) is 77.0 cm³/mol. The summed E-state index contributed by atoms with van der Waals surface area (Å²) in [4.78, 5) is 24.0. The van der Waals surface area contributed by atoms with Crippen molar-refractivity contribution >= 4 is 11.6 Å². The van der Waals surface area contributed by atoms with E-state index in [2.05, 4.69) is 0 Å². The minimum Gasteiger partial charge on any atom is -0.337 e. The fourth-order valence-electron chi connectivity index (χ4n) is 1.78. The maximum atomic E-state index is 12.2. The number of benzene rings is 1. The number of likely N-dealkylation sites (N-methyl/N-ethyl adjacent to an activating group) is 1. The molecule has 1 atom stereocenters. The van der Waals surface area contributed by atoms with Gasteiger partial charge in [-0.3, -0.25) is 14.9 Å². The van der Waals surface area contributed by atoms with Crippen LogP contribution in [0.25, 0.3) is 0 Å². The highest BCUT2D eigenvalue weighted by Gasteiger charge is 2.22. The van der Waals surface area contributed by atoms with Gasteiger partial charge in [-0.05, 0) is 18.4 Å². The van der Waals surface area contributed by atoms with Crippen molar-refractivity contribution in [2.75, 3.05) is 6.54 Å². The van der Waals surface area contributed by atoms with Crippen LogP contribution in [0.2, 0.25) is 0 Å². The molecule has 1 aromatic rings. The van der Waals surface area contributed by atoms with Gasteiger partial charge in [0.15, 0.2) is 0 Å². The van der Waals surface area contributed by atoms with Crippen LogP contribution in [0.4, 0.5) is 5.69 Å². The second-order valence-corrected chi connectivity index (χ2v) is 5.05. The molecule has 1 aromatic carbocycles. The van der Waals surface area contributed by atoms with E-state index in [4.69, 9.17) is 5.73 Å². The number of rotatable bonds is 6. The Morgan fingerprint density at radius 2 is 1.90 bits per heavy atom. The molecule has 0 aliphatic heterocycles. The number of non-ortho nitro benzene ring substituents is 1. The monoisotopic (exact) mass is 279 g/mol. The van der Waals surface area contributed by atoms with Crippen LogP contribution in [0.15, 0.2) is 24.3 Å². The van der Waals surface area contributed by atoms with Gasteiger partial charge in [-0.15, -0.1) is 0 Å². The lowest BCUT2D eigenvalue weighted by atomic mass is 10.0. The molecule has 2 N–H and O–H groups in total. The molecule has 6 nitrogen and oxygen atoms in total. The van der Waals surface area contributed by atoms with Gasteiger partial charge in [0.25, 0.3) is 5.69 Å². The first-order chi connectivity index (χ1) is 9.36. The summed E-state index contributed by atoms with van der Waals surface area (Å²) in [5.74, 6) is -0.0192. The Labute approximate surface area is 118 Å². The standard InChI is InChI=1S/C14H21N3O3/c1-4-16(14(18)13(15)10(2)3)9-11-5-7-12(8-6-11)17(19)20/h5-8,10,13H,4,9,15H2,1-3H3/t13-/m0/s1. The summed E-state index contributed by atoms with van der Waals surface area (Å²) in [7, 11) is 0. The summed E-state index contributed by atoms with van der Waals surface area (Å²) in [6.07, 6.45) is 0. The third-order valence-corrected chi connectivity index (χ3v) is 3.22. The van der Waals surface area contributed by atoms with Crippen molar-refractivity contribution in [1.29, 1.82) is 0 Å². The number of nitro benzene ring substituents is 1. The van der Waals surface area contributed by atoms with Gasteiger partial charge in [-0.25, -0.2) is 0 Å². The Bertz CT molecular complexity index is 471. The summed E-state index contributed by atoms with van der Waals surface area (Å²) in [6, 6.07) is 5.68. The fraction of sp³-hybridized carbons (Fsp3) is 0.500. The van der Waals surface area contributed by atoms with E-state index in [1.807, 2.05) is 20.8 Å². The first-order valence-corrected chi connectivity index (χ1v) is 6.64. The van der Waals surface area contributed by atoms with Crippen LogP contribution in [0.1, 0.15) is 26.3 Å². The van der Waals surface area contributed by atoms with Crippen LogP contribution in [0.5, 0.6) is 0 Å². The molecule has 0 spiro atoms. The highest BCUT2D eigenvalue weighted by molar-refractivity contribution is 5.81. The largest absolute Gasteiger partial charge is 0.337 e. The predicted octanol–water partition coefficient (Wildman–Crippen LogP) is 1.93. The lowest BCUT2D eigenvalue weighted by Gasteiger charge is -2.26. The number of carbonyl (C=O) groups excluding carboxylic acids is 1. The number of nitro groups is 1. The number of nitrogens with two attached hydrogens (primary N) is 1. The number of nitrogens with zero attached hydrogens (tertiary/aromatic N) is 2. The molecule has 0 heterocycles. The van der Waals surface area contributed by atoms with Crippen molar-refractivity contribution in [3.05, 3.63) is 39.9 Å². The van der Waals surface area contributed by atoms with E-state index in [1.54, 1.807) is 17.0 Å². The normalized spacial score (nSPS) is 12.2. The molecule has 0 aliphatic carbocycles. The van der Waals surface area contributed by atoms with Gasteiger partial charge < -0.3 is 10.6 Å². The Kier molecular flexibility index (Phi) is 5.64. The minimum absolute atomic E-state index is 0.0435. The van der Waals surface area contributed by atoms with Crippen LogP contribution >= 0.6 is 0 Å². The lowest BCUT2D eigenvalue weighted by molar-refractivity contribution is -0.384. The van der Waals surface area contributed by atoms with Crippen molar-refractivity contribution in [2.45, 2.75) is 33.4 Å². The molecule has 0 unspecified atom stereocenters. The van der Waals surface area contributed by atoms with Crippen LogP contribution in [-0.4, -0.2) is 28.3 Å². The second-order valence-electron chi connectivity index (χ2n) is 5.05. The maximum Gasteiger partial charge on any atom is 0.269 e. The smallest absolute Gasteiger partial charge is 0.269 e. The van der Waals surface area contributed by atoms with Crippen molar-refractivity contribution in [3.8, 4) is 0 Å². The molecule has 0 bridgehead atoms. The highest BCUT2D eigenvalue weighted by Crippen LogP contribution is 2.14. The summed E-state index contributed by atoms with van der Waals surface area (Å²) >= 11 is 0. The van der Waals surface area contributed by atoms with Crippen LogP contribution in [0.3, 0.4) is 0 Å². The lowest BCUT2D eigenvalue weighted by Crippen LogP contribution is -2.46. The third-order valence-electron chi connectivity index (χ3n) is 3.22. The number of amides is 1. The summed E-state index contributed by atoms with van der Waals surface area (Å²) < 4.78 is 0. The molecule has 110 valence electrons. The van der Waals surface area contributed by atoms with E-state index in [-0.39, 0.29) is 17.5 Å². The Morgan fingerprint density at radius 3 is 2.30 bits per heavy atom. The maximum absolute atomic E-state index is 12.2. The van der Waals surface area contributed by atoms with E-state index >= 15 is 0 Å². The average molecular weight is 279 g/mol. The van der Waals surface area contributed by atoms with Gasteiger partial charge in [0.05, 0.1) is 11.0 Å². The van der Waals surface area contributed by atoms with Crippen molar-refractivity contribution < 1.29 is 9.72 Å². The van der Waals surface area contributed by atoms with Gasteiger partial charge in [0.2, 0.25) is 5.91 Å². The molecule has 0 saturated carbocycles. The topological polar surface area (TPSA) is 89.5 Å². The molecule has 6 heteroatoms. The molecule has 0 radical (unpaired) electrons. The second kappa shape index (κ2) is 7.00. The molecule has 0 aromatic heterocycles. The zero-order valence-electron chi connectivity index (χ0n) is 12.1. The van der Waals surface area contributed by atoms with Gasteiger partial charge in [-0.2, -0.15) is 0 Å². The van der Waals surface area contributed by atoms with Crippen molar-refractivity contribution in [1.82, 2.24) is 4.90 Å². The van der Waals surface area contributed by atoms with Crippen LogP contribution in [-0.2, 0) is 11.3 Å². The molecule has 1 rings (SSSR count). The van der Waals surface area contributed by atoms with E-state index in [1.165, 1.54) is 12.1 Å². The Hall–Kier alpha value is -1.95. The summed E-state index contributed by atoms with van der Waals surface area (Å²) in [6.45, 7) is 6.66. The summed E-state index contributed by atoms with van der Waals surface area (Å²) in [5, 5.41) is 10.6. The van der Waals surface area contributed by atoms with Crippen molar-refractivity contribution in [2.24, 2.45) is 11.7 Å². The number of hydrogen-bond acceptors (Lipinski definition) is 4. The van der Waals surface area contributed by atoms with Crippen LogP contribution in [0, 0.1) is 16.0 Å². The molecular formula is C14H21N3O3. The van der Waals surface area contributed by atoms with E-state index in [9.17, 15) is 14.9 Å². The molecule has 0 saturated heterocycles. The van der Waals surface area contributed by atoms with Gasteiger partial charge in [-0.1, -0.05) is 26.0 Å². The molecule has 1 amide bonds. The Balaban J connectivity index is 2.78. The van der Waals surface area contributed by atoms with E-state index < -0.39 is 11.0 Å². The van der Waals surface area contributed by atoms with Crippen LogP contribution < -0.4 is 5.73 Å². The first-order valence-electron chi connectivity index (χ1n) is 6.64. The fourth-order valence-corrected chi connectivity index (χ4v) is 1.78. The number of carbonyl (C=O) groups is 1. The van der Waals surface area contributed by atoms with E-state index in [0.29, 0.717) is 13.1 Å². The number of hydrogen-bond donors (Lipinski definition) is 1. The molecular weight excluding hydrogens is 258 g/mol. The highest BCUT2D eigenvalue weighted by atomic mass is 16.6. The molecule has 0 fully saturated rings. The molecule has 20 heavy (non-hydrogen) atoms. The minimum atomic E-state index is -0.520. The molecule has 0 aliphatic rings. The zero-order chi connectivity index (χ0) is 15.3. The third kappa shape index (κ3) is 4.03. The van der Waals surface area contributed by atoms with Gasteiger partial charge in [0, 0.05) is 25.2 Å². The zero-order valence-corrected chi connectivity index (χ0v) is 12.1. The van der Waals surface area contributed by atoms with Gasteiger partial charge >= 0.3 is 0 Å². The van der Waals surface area contributed by atoms with Gasteiger partial charge in [0.1, 0.15) is 0 Å². The van der Waals surface area contributed by atoms with Crippen molar-refractivity contribution in [3.63, 3.8) is 0 Å². The first kappa shape index (κ1) is 16.1. The SMILES string of the molecule is CCN(Cc1ccc([N+](=O)[O-])cc1)C(=O)[C@@H](N)C(C)C. The average Bonchev–Trinajstić information content (AvgIpc) is 2.43. The quantitative estimate of drug-likeness (QED) is 0.636. The Morgan fingerprint density at radius 1 is 1.35 bits per heavy atom.